The van der Waals surface area contributed by atoms with Crippen LogP contribution in [0.4, 0.5) is 11.4 Å². The molecule has 0 spiro atoms. The van der Waals surface area contributed by atoms with Gasteiger partial charge in [0.15, 0.2) is 0 Å². The highest BCUT2D eigenvalue weighted by atomic mass is 127. The van der Waals surface area contributed by atoms with Crippen LogP contribution in [-0.2, 0) is 9.59 Å². The highest BCUT2D eigenvalue weighted by Crippen LogP contribution is 2.19. The summed E-state index contributed by atoms with van der Waals surface area (Å²) in [6.07, 6.45) is 0. The predicted molar refractivity (Wildman–Crippen MR) is 105 cm³/mol. The second kappa shape index (κ2) is 7.40. The van der Waals surface area contributed by atoms with E-state index in [-0.39, 0.29) is 0 Å². The molecule has 2 rings (SSSR count). The molecule has 0 aromatic heterocycles. The summed E-state index contributed by atoms with van der Waals surface area (Å²) in [7, 11) is 0. The van der Waals surface area contributed by atoms with Gasteiger partial charge in [0.1, 0.15) is 0 Å². The van der Waals surface area contributed by atoms with Gasteiger partial charge in [0.05, 0.1) is 0 Å². The molecule has 0 fully saturated rings. The fourth-order valence-electron chi connectivity index (χ4n) is 1.89. The first-order valence-corrected chi connectivity index (χ1v) is 8.67. The zero-order valence-electron chi connectivity index (χ0n) is 12.0. The molecule has 0 aliphatic rings. The van der Waals surface area contributed by atoms with Crippen LogP contribution in [-0.4, -0.2) is 11.8 Å². The van der Waals surface area contributed by atoms with E-state index in [0.717, 1.165) is 18.3 Å². The maximum Gasteiger partial charge on any atom is 0.314 e. The third-order valence-corrected chi connectivity index (χ3v) is 4.42. The van der Waals surface area contributed by atoms with E-state index in [2.05, 4.69) is 55.8 Å². The first kappa shape index (κ1) is 17.2. The lowest BCUT2D eigenvalue weighted by atomic mass is 10.2. The average molecular weight is 520 g/mol. The van der Waals surface area contributed by atoms with Gasteiger partial charge in [0.2, 0.25) is 0 Å². The maximum atomic E-state index is 12.0. The molecule has 0 heterocycles. The number of carbonyl (C=O) groups excluding carboxylic acids is 2. The van der Waals surface area contributed by atoms with Gasteiger partial charge in [-0.05, 0) is 107 Å². The van der Waals surface area contributed by atoms with Crippen LogP contribution in [0.5, 0.6) is 0 Å². The summed E-state index contributed by atoms with van der Waals surface area (Å²) in [5.74, 6) is -1.36. The van der Waals surface area contributed by atoms with Crippen molar-refractivity contribution in [3.63, 3.8) is 0 Å². The first-order valence-electron chi connectivity index (χ1n) is 6.51. The number of aryl methyl sites for hydroxylation is 2. The lowest BCUT2D eigenvalue weighted by Gasteiger charge is -2.10. The quantitative estimate of drug-likeness (QED) is 0.464. The molecule has 0 atom stereocenters. The van der Waals surface area contributed by atoms with Crippen LogP contribution in [0, 0.1) is 21.0 Å². The van der Waals surface area contributed by atoms with Crippen molar-refractivity contribution < 1.29 is 9.59 Å². The van der Waals surface area contributed by atoms with Crippen LogP contribution in [0.3, 0.4) is 0 Å². The molecule has 22 heavy (non-hydrogen) atoms. The van der Waals surface area contributed by atoms with Crippen molar-refractivity contribution in [2.75, 3.05) is 10.6 Å². The summed E-state index contributed by atoms with van der Waals surface area (Å²) in [5.41, 5.74) is 3.11. The Morgan fingerprint density at radius 1 is 0.773 bits per heavy atom. The van der Waals surface area contributed by atoms with Gasteiger partial charge in [-0.25, -0.2) is 0 Å². The zero-order chi connectivity index (χ0) is 16.3. The maximum absolute atomic E-state index is 12.0. The molecule has 2 aromatic carbocycles. The van der Waals surface area contributed by atoms with Crippen molar-refractivity contribution in [1.29, 1.82) is 0 Å². The van der Waals surface area contributed by atoms with Crippen molar-refractivity contribution >= 4 is 68.4 Å². The molecule has 0 saturated heterocycles. The van der Waals surface area contributed by atoms with Gasteiger partial charge < -0.3 is 10.6 Å². The van der Waals surface area contributed by atoms with Crippen LogP contribution in [0.15, 0.2) is 36.4 Å². The molecule has 114 valence electrons. The number of nitrogens with one attached hydrogen (secondary N) is 2. The fourth-order valence-corrected chi connectivity index (χ4v) is 3.19. The third-order valence-electron chi connectivity index (χ3n) is 3.08. The van der Waals surface area contributed by atoms with E-state index in [0.29, 0.717) is 11.4 Å². The van der Waals surface area contributed by atoms with Gasteiger partial charge in [-0.3, -0.25) is 9.59 Å². The molecule has 2 amide bonds. The average Bonchev–Trinajstić information content (AvgIpc) is 2.44. The number of carbonyl (C=O) groups is 2. The first-order chi connectivity index (χ1) is 10.4. The van der Waals surface area contributed by atoms with E-state index >= 15 is 0 Å². The number of anilines is 2. The topological polar surface area (TPSA) is 58.2 Å². The summed E-state index contributed by atoms with van der Waals surface area (Å²) in [6, 6.07) is 11.2. The standard InChI is InChI=1S/C16H14I2N2O2/c1-9-7-11(17)3-5-13(9)19-15(21)16(22)20-14-6-4-12(18)8-10(14)2/h3-8H,1-2H3,(H,19,21)(H,20,22). The summed E-state index contributed by atoms with van der Waals surface area (Å²) in [6.45, 7) is 3.78. The minimum Gasteiger partial charge on any atom is -0.318 e. The summed E-state index contributed by atoms with van der Waals surface area (Å²) in [4.78, 5) is 24.0. The Labute approximate surface area is 156 Å². The monoisotopic (exact) mass is 520 g/mol. The number of hydrogen-bond donors (Lipinski definition) is 2. The molecule has 6 heteroatoms. The predicted octanol–water partition coefficient (Wildman–Crippen LogP) is 4.09. The lowest BCUT2D eigenvalue weighted by Crippen LogP contribution is -2.29. The third kappa shape index (κ3) is 4.42. The second-order valence-corrected chi connectivity index (χ2v) is 7.32. The Hall–Kier alpha value is -1.16. The van der Waals surface area contributed by atoms with Crippen molar-refractivity contribution in [1.82, 2.24) is 0 Å². The van der Waals surface area contributed by atoms with E-state index in [1.807, 2.05) is 38.1 Å². The van der Waals surface area contributed by atoms with E-state index < -0.39 is 11.8 Å². The van der Waals surface area contributed by atoms with E-state index in [1.165, 1.54) is 0 Å². The Bertz CT molecular complexity index is 681. The summed E-state index contributed by atoms with van der Waals surface area (Å²) in [5, 5.41) is 5.26. The van der Waals surface area contributed by atoms with Gasteiger partial charge in [0, 0.05) is 18.5 Å². The van der Waals surface area contributed by atoms with Crippen LogP contribution in [0.25, 0.3) is 0 Å². The van der Waals surface area contributed by atoms with E-state index in [1.54, 1.807) is 12.1 Å². The Morgan fingerprint density at radius 2 is 1.14 bits per heavy atom. The number of rotatable bonds is 2. The van der Waals surface area contributed by atoms with E-state index in [9.17, 15) is 9.59 Å². The number of hydrogen-bond acceptors (Lipinski definition) is 2. The molecule has 0 aliphatic heterocycles. The van der Waals surface area contributed by atoms with Crippen LogP contribution >= 0.6 is 45.2 Å². The molecule has 0 saturated carbocycles. The summed E-state index contributed by atoms with van der Waals surface area (Å²) < 4.78 is 2.15. The van der Waals surface area contributed by atoms with Crippen molar-refractivity contribution in [2.45, 2.75) is 13.8 Å². The van der Waals surface area contributed by atoms with Crippen LogP contribution < -0.4 is 10.6 Å². The number of amides is 2. The highest BCUT2D eigenvalue weighted by molar-refractivity contribution is 14.1. The smallest absolute Gasteiger partial charge is 0.314 e. The van der Waals surface area contributed by atoms with Gasteiger partial charge >= 0.3 is 11.8 Å². The normalized spacial score (nSPS) is 10.2. The number of benzene rings is 2. The number of halogens is 2. The highest BCUT2D eigenvalue weighted by Gasteiger charge is 2.15. The molecule has 4 nitrogen and oxygen atoms in total. The minimum absolute atomic E-state index is 0.639. The molecule has 2 N–H and O–H groups in total. The lowest BCUT2D eigenvalue weighted by molar-refractivity contribution is -0.133. The molecule has 0 bridgehead atoms. The molecule has 0 aliphatic carbocycles. The Kier molecular flexibility index (Phi) is 5.79. The van der Waals surface area contributed by atoms with Crippen molar-refractivity contribution in [3.05, 3.63) is 54.7 Å². The minimum atomic E-state index is -0.678. The van der Waals surface area contributed by atoms with Crippen molar-refractivity contribution in [3.8, 4) is 0 Å². The molecule has 0 radical (unpaired) electrons. The van der Waals surface area contributed by atoms with Gasteiger partial charge in [0.25, 0.3) is 0 Å². The SMILES string of the molecule is Cc1cc(I)ccc1NC(=O)C(=O)Nc1ccc(I)cc1C. The van der Waals surface area contributed by atoms with Crippen molar-refractivity contribution in [2.24, 2.45) is 0 Å². The summed E-state index contributed by atoms with van der Waals surface area (Å²) >= 11 is 4.40. The molecular weight excluding hydrogens is 506 g/mol. The van der Waals surface area contributed by atoms with Gasteiger partial charge in [-0.15, -0.1) is 0 Å². The Balaban J connectivity index is 2.07. The Morgan fingerprint density at radius 3 is 1.45 bits per heavy atom. The van der Waals surface area contributed by atoms with E-state index in [4.69, 9.17) is 0 Å². The van der Waals surface area contributed by atoms with Crippen LogP contribution in [0.1, 0.15) is 11.1 Å². The largest absolute Gasteiger partial charge is 0.318 e. The molecule has 2 aromatic rings. The van der Waals surface area contributed by atoms with Gasteiger partial charge in [-0.2, -0.15) is 0 Å². The molecule has 0 unspecified atom stereocenters. The second-order valence-electron chi connectivity index (χ2n) is 4.83. The van der Waals surface area contributed by atoms with Gasteiger partial charge in [-0.1, -0.05) is 0 Å². The fraction of sp³-hybridized carbons (Fsp3) is 0.125. The molecular formula is C16H14I2N2O2. The zero-order valence-corrected chi connectivity index (χ0v) is 16.4. The van der Waals surface area contributed by atoms with Crippen LogP contribution in [0.2, 0.25) is 0 Å².